The zero-order chi connectivity index (χ0) is 9.14. The van der Waals surface area contributed by atoms with E-state index in [0.29, 0.717) is 5.56 Å². The smallest absolute Gasteiger partial charge is 0.129 e. The second kappa shape index (κ2) is 3.36. The first-order valence-electron chi connectivity index (χ1n) is 3.53. The second-order valence-corrected chi connectivity index (χ2v) is 2.57. The van der Waals surface area contributed by atoms with Crippen LogP contribution in [-0.4, -0.2) is 0 Å². The van der Waals surface area contributed by atoms with Crippen LogP contribution in [0, 0.1) is 30.9 Å². The molecule has 62 valence electrons. The number of halogens is 2. The molecule has 0 aliphatic carbocycles. The van der Waals surface area contributed by atoms with Crippen LogP contribution in [0.4, 0.5) is 8.78 Å². The molecular formula is C10H8F2. The fourth-order valence-electron chi connectivity index (χ4n) is 0.918. The van der Waals surface area contributed by atoms with Crippen LogP contribution in [0.3, 0.4) is 0 Å². The molecule has 1 aromatic rings. The minimum atomic E-state index is -0.541. The van der Waals surface area contributed by atoms with Crippen molar-refractivity contribution in [1.82, 2.24) is 0 Å². The normalized spacial score (nSPS) is 9.50. The van der Waals surface area contributed by atoms with E-state index in [9.17, 15) is 8.78 Å². The molecule has 0 spiro atoms. The largest absolute Gasteiger partial charge is 0.207 e. The minimum Gasteiger partial charge on any atom is -0.207 e. The monoisotopic (exact) mass is 166 g/mol. The van der Waals surface area contributed by atoms with Crippen LogP contribution in [-0.2, 0) is 6.42 Å². The lowest BCUT2D eigenvalue weighted by molar-refractivity contribution is 0.565. The summed E-state index contributed by atoms with van der Waals surface area (Å²) in [5, 5.41) is 0. The number of hydrogen-bond donors (Lipinski definition) is 0. The first-order chi connectivity index (χ1) is 5.65. The maximum Gasteiger partial charge on any atom is 0.129 e. The van der Waals surface area contributed by atoms with Gasteiger partial charge in [-0.15, -0.1) is 12.3 Å². The first-order valence-corrected chi connectivity index (χ1v) is 3.53. The molecule has 1 aromatic carbocycles. The molecule has 0 atom stereocenters. The second-order valence-electron chi connectivity index (χ2n) is 2.57. The summed E-state index contributed by atoms with van der Waals surface area (Å²) in [4.78, 5) is 0. The molecule has 1 rings (SSSR count). The van der Waals surface area contributed by atoms with Crippen molar-refractivity contribution in [2.24, 2.45) is 0 Å². The van der Waals surface area contributed by atoms with Gasteiger partial charge in [0, 0.05) is 12.0 Å². The van der Waals surface area contributed by atoms with Crippen molar-refractivity contribution in [3.8, 4) is 12.3 Å². The van der Waals surface area contributed by atoms with Crippen LogP contribution in [0.1, 0.15) is 11.1 Å². The number of terminal acetylenes is 1. The van der Waals surface area contributed by atoms with Gasteiger partial charge in [-0.3, -0.25) is 0 Å². The predicted molar refractivity (Wildman–Crippen MR) is 43.6 cm³/mol. The van der Waals surface area contributed by atoms with Gasteiger partial charge in [-0.2, -0.15) is 0 Å². The Bertz CT molecular complexity index is 311. The van der Waals surface area contributed by atoms with Crippen LogP contribution < -0.4 is 0 Å². The fourth-order valence-corrected chi connectivity index (χ4v) is 0.918. The average Bonchev–Trinajstić information content (AvgIpc) is 2.01. The van der Waals surface area contributed by atoms with Crippen LogP contribution in [0.15, 0.2) is 12.1 Å². The molecule has 0 amide bonds. The summed E-state index contributed by atoms with van der Waals surface area (Å²) in [7, 11) is 0. The van der Waals surface area contributed by atoms with E-state index in [1.165, 1.54) is 19.1 Å². The van der Waals surface area contributed by atoms with Gasteiger partial charge in [0.25, 0.3) is 0 Å². The Labute approximate surface area is 70.2 Å². The number of hydrogen-bond acceptors (Lipinski definition) is 0. The van der Waals surface area contributed by atoms with E-state index in [0.717, 1.165) is 0 Å². The van der Waals surface area contributed by atoms with Crippen molar-refractivity contribution >= 4 is 0 Å². The lowest BCUT2D eigenvalue weighted by Gasteiger charge is -2.00. The zero-order valence-corrected chi connectivity index (χ0v) is 6.70. The maximum absolute atomic E-state index is 12.9. The lowest BCUT2D eigenvalue weighted by Crippen LogP contribution is -1.92. The van der Waals surface area contributed by atoms with Gasteiger partial charge in [0.05, 0.1) is 0 Å². The van der Waals surface area contributed by atoms with E-state index in [4.69, 9.17) is 6.42 Å². The summed E-state index contributed by atoms with van der Waals surface area (Å²) in [5.41, 5.74) is 0.536. The molecule has 12 heavy (non-hydrogen) atoms. The molecular weight excluding hydrogens is 158 g/mol. The third-order valence-electron chi connectivity index (χ3n) is 1.65. The average molecular weight is 166 g/mol. The minimum absolute atomic E-state index is 0.0378. The van der Waals surface area contributed by atoms with Gasteiger partial charge in [0.2, 0.25) is 0 Å². The highest BCUT2D eigenvalue weighted by atomic mass is 19.1. The Morgan fingerprint density at radius 1 is 1.33 bits per heavy atom. The quantitative estimate of drug-likeness (QED) is 0.562. The zero-order valence-electron chi connectivity index (χ0n) is 6.70. The van der Waals surface area contributed by atoms with Crippen molar-refractivity contribution in [3.05, 3.63) is 34.9 Å². The van der Waals surface area contributed by atoms with E-state index in [-0.39, 0.29) is 12.0 Å². The van der Waals surface area contributed by atoms with Crippen LogP contribution in [0.2, 0.25) is 0 Å². The summed E-state index contributed by atoms with van der Waals surface area (Å²) in [5.74, 6) is 1.24. The molecule has 0 N–H and O–H groups in total. The summed E-state index contributed by atoms with van der Waals surface area (Å²) in [6, 6.07) is 2.52. The Hall–Kier alpha value is -1.36. The van der Waals surface area contributed by atoms with E-state index < -0.39 is 11.6 Å². The summed E-state index contributed by atoms with van der Waals surface area (Å²) in [6.45, 7) is 1.39. The topological polar surface area (TPSA) is 0 Å². The van der Waals surface area contributed by atoms with Crippen molar-refractivity contribution in [2.45, 2.75) is 13.3 Å². The standard InChI is InChI=1S/C10H8F2/c1-3-4-8-5-9(11)7(2)10(12)6-8/h1,5-6H,4H2,2H3. The molecule has 0 radical (unpaired) electrons. The Balaban J connectivity index is 3.14. The molecule has 0 fully saturated rings. The van der Waals surface area contributed by atoms with E-state index in [2.05, 4.69) is 5.92 Å². The van der Waals surface area contributed by atoms with Gasteiger partial charge in [0.15, 0.2) is 0 Å². The van der Waals surface area contributed by atoms with Crippen LogP contribution >= 0.6 is 0 Å². The summed E-state index contributed by atoms with van der Waals surface area (Å²) >= 11 is 0. The SMILES string of the molecule is C#CCc1cc(F)c(C)c(F)c1. The van der Waals surface area contributed by atoms with Crippen molar-refractivity contribution < 1.29 is 8.78 Å². The summed E-state index contributed by atoms with van der Waals surface area (Å²) < 4.78 is 25.7. The molecule has 0 unspecified atom stereocenters. The van der Waals surface area contributed by atoms with E-state index >= 15 is 0 Å². The van der Waals surface area contributed by atoms with E-state index in [1.807, 2.05) is 0 Å². The third-order valence-corrected chi connectivity index (χ3v) is 1.65. The molecule has 0 bridgehead atoms. The summed E-state index contributed by atoms with van der Waals surface area (Å²) in [6.07, 6.45) is 5.26. The van der Waals surface area contributed by atoms with Gasteiger partial charge < -0.3 is 0 Å². The molecule has 0 heterocycles. The molecule has 0 aliphatic heterocycles. The van der Waals surface area contributed by atoms with Gasteiger partial charge in [-0.1, -0.05) is 0 Å². The van der Waals surface area contributed by atoms with Crippen LogP contribution in [0.25, 0.3) is 0 Å². The number of rotatable bonds is 1. The predicted octanol–water partition coefficient (Wildman–Crippen LogP) is 2.45. The first kappa shape index (κ1) is 8.73. The van der Waals surface area contributed by atoms with Crippen LogP contribution in [0.5, 0.6) is 0 Å². The molecule has 0 aromatic heterocycles. The fraction of sp³-hybridized carbons (Fsp3) is 0.200. The maximum atomic E-state index is 12.9. The molecule has 0 saturated carbocycles. The van der Waals surface area contributed by atoms with Gasteiger partial charge >= 0.3 is 0 Å². The van der Waals surface area contributed by atoms with E-state index in [1.54, 1.807) is 0 Å². The highest BCUT2D eigenvalue weighted by Crippen LogP contribution is 2.14. The number of benzene rings is 1. The highest BCUT2D eigenvalue weighted by molar-refractivity contribution is 5.27. The highest BCUT2D eigenvalue weighted by Gasteiger charge is 2.05. The van der Waals surface area contributed by atoms with Gasteiger partial charge in [-0.25, -0.2) is 8.78 Å². The Morgan fingerprint density at radius 3 is 2.25 bits per heavy atom. The molecule has 0 saturated heterocycles. The Kier molecular flexibility index (Phi) is 2.44. The Morgan fingerprint density at radius 2 is 1.83 bits per heavy atom. The molecule has 2 heteroatoms. The molecule has 0 nitrogen and oxygen atoms in total. The van der Waals surface area contributed by atoms with Gasteiger partial charge in [0.1, 0.15) is 11.6 Å². The lowest BCUT2D eigenvalue weighted by atomic mass is 10.1. The van der Waals surface area contributed by atoms with Crippen molar-refractivity contribution in [2.75, 3.05) is 0 Å². The van der Waals surface area contributed by atoms with Gasteiger partial charge in [-0.05, 0) is 24.6 Å². The van der Waals surface area contributed by atoms with Crippen molar-refractivity contribution in [1.29, 1.82) is 0 Å². The third kappa shape index (κ3) is 1.62. The molecule has 0 aliphatic rings. The van der Waals surface area contributed by atoms with Crippen molar-refractivity contribution in [3.63, 3.8) is 0 Å².